The lowest BCUT2D eigenvalue weighted by Gasteiger charge is -2.43. The summed E-state index contributed by atoms with van der Waals surface area (Å²) in [5.41, 5.74) is 3.01. The Hall–Kier alpha value is -0.940. The van der Waals surface area contributed by atoms with Crippen molar-refractivity contribution in [1.29, 1.82) is 0 Å². The van der Waals surface area contributed by atoms with Crippen LogP contribution < -0.4 is 5.32 Å². The van der Waals surface area contributed by atoms with Crippen molar-refractivity contribution in [2.24, 2.45) is 0 Å². The molecule has 1 aromatic carbocycles. The molecule has 4 heteroatoms. The molecule has 0 saturated carbocycles. The van der Waals surface area contributed by atoms with Gasteiger partial charge in [-0.05, 0) is 18.9 Å². The van der Waals surface area contributed by atoms with Gasteiger partial charge in [0.25, 0.3) is 0 Å². The fourth-order valence-corrected chi connectivity index (χ4v) is 2.66. The first-order valence-electron chi connectivity index (χ1n) is 7.69. The zero-order valence-electron chi connectivity index (χ0n) is 13.2. The molecule has 1 N–H and O–H groups in total. The zero-order chi connectivity index (χ0) is 15.0. The van der Waals surface area contributed by atoms with Crippen LogP contribution in [-0.4, -0.2) is 53.2 Å². The zero-order valence-corrected chi connectivity index (χ0v) is 13.2. The Morgan fingerprint density at radius 1 is 1.05 bits per heavy atom. The van der Waals surface area contributed by atoms with E-state index in [0.29, 0.717) is 26.4 Å². The van der Waals surface area contributed by atoms with Gasteiger partial charge >= 0.3 is 0 Å². The molecule has 0 aliphatic carbocycles. The Balaban J connectivity index is 1.68. The van der Waals surface area contributed by atoms with Crippen LogP contribution in [-0.2, 0) is 19.6 Å². The average molecular weight is 293 g/mol. The number of hydrogen-bond donors (Lipinski definition) is 1. The van der Waals surface area contributed by atoms with Crippen LogP contribution in [0, 0.1) is 6.92 Å². The average Bonchev–Trinajstić information content (AvgIpc) is 2.44. The number of nitrogens with one attached hydrogen (secondary N) is 1. The molecule has 118 valence electrons. The summed E-state index contributed by atoms with van der Waals surface area (Å²) in [6.07, 6.45) is 1.06. The molecule has 1 aliphatic heterocycles. The summed E-state index contributed by atoms with van der Waals surface area (Å²) >= 11 is 0. The topological polar surface area (TPSA) is 39.7 Å². The molecule has 0 radical (unpaired) electrons. The maximum absolute atomic E-state index is 5.70. The van der Waals surface area contributed by atoms with Gasteiger partial charge < -0.3 is 19.5 Å². The molecule has 0 amide bonds. The van der Waals surface area contributed by atoms with Crippen molar-refractivity contribution in [2.45, 2.75) is 18.8 Å². The fraction of sp³-hybridized carbons (Fsp3) is 0.647. The summed E-state index contributed by atoms with van der Waals surface area (Å²) in [7, 11) is 1.68. The maximum atomic E-state index is 5.70. The van der Waals surface area contributed by atoms with Crippen molar-refractivity contribution in [3.05, 3.63) is 35.4 Å². The Labute approximate surface area is 127 Å². The second kappa shape index (κ2) is 8.49. The summed E-state index contributed by atoms with van der Waals surface area (Å²) < 4.78 is 16.0. The van der Waals surface area contributed by atoms with E-state index in [2.05, 4.69) is 36.5 Å². The minimum absolute atomic E-state index is 0.253. The van der Waals surface area contributed by atoms with E-state index < -0.39 is 0 Å². The molecule has 1 saturated heterocycles. The normalized spacial score (nSPS) is 16.7. The van der Waals surface area contributed by atoms with Crippen molar-refractivity contribution in [3.63, 3.8) is 0 Å². The van der Waals surface area contributed by atoms with Crippen LogP contribution in [0.4, 0.5) is 0 Å². The number of methoxy groups -OCH3 is 1. The third-order valence-electron chi connectivity index (χ3n) is 4.09. The number of aryl methyl sites for hydroxylation is 1. The Morgan fingerprint density at radius 3 is 2.38 bits per heavy atom. The highest BCUT2D eigenvalue weighted by molar-refractivity contribution is 5.33. The molecule has 1 heterocycles. The van der Waals surface area contributed by atoms with Crippen molar-refractivity contribution < 1.29 is 14.2 Å². The number of ether oxygens (including phenoxy) is 3. The summed E-state index contributed by atoms with van der Waals surface area (Å²) in [4.78, 5) is 0. The molecular weight excluding hydrogens is 266 g/mol. The molecule has 4 nitrogen and oxygen atoms in total. The van der Waals surface area contributed by atoms with E-state index in [1.807, 2.05) is 0 Å². The molecule has 0 atom stereocenters. The van der Waals surface area contributed by atoms with E-state index in [-0.39, 0.29) is 5.41 Å². The van der Waals surface area contributed by atoms with Crippen molar-refractivity contribution in [1.82, 2.24) is 5.32 Å². The van der Waals surface area contributed by atoms with Crippen LogP contribution in [0.3, 0.4) is 0 Å². The molecule has 1 aliphatic rings. The van der Waals surface area contributed by atoms with E-state index >= 15 is 0 Å². The van der Waals surface area contributed by atoms with E-state index in [0.717, 1.165) is 26.1 Å². The van der Waals surface area contributed by atoms with E-state index in [4.69, 9.17) is 14.2 Å². The second-order valence-corrected chi connectivity index (χ2v) is 5.72. The van der Waals surface area contributed by atoms with E-state index in [1.165, 1.54) is 11.1 Å². The van der Waals surface area contributed by atoms with Crippen LogP contribution in [0.25, 0.3) is 0 Å². The predicted molar refractivity (Wildman–Crippen MR) is 83.9 cm³/mol. The van der Waals surface area contributed by atoms with Crippen LogP contribution in [0.1, 0.15) is 17.5 Å². The van der Waals surface area contributed by atoms with Crippen LogP contribution >= 0.6 is 0 Å². The highest BCUT2D eigenvalue weighted by Gasteiger charge is 2.38. The molecule has 0 aromatic heterocycles. The van der Waals surface area contributed by atoms with Crippen molar-refractivity contribution >= 4 is 0 Å². The Bertz CT molecular complexity index is 418. The fourth-order valence-electron chi connectivity index (χ4n) is 2.66. The number of benzene rings is 1. The van der Waals surface area contributed by atoms with Gasteiger partial charge in [-0.3, -0.25) is 0 Å². The largest absolute Gasteiger partial charge is 0.382 e. The summed E-state index contributed by atoms with van der Waals surface area (Å²) in [6.45, 7) is 7.59. The third-order valence-corrected chi connectivity index (χ3v) is 4.09. The highest BCUT2D eigenvalue weighted by atomic mass is 16.5. The van der Waals surface area contributed by atoms with Gasteiger partial charge in [-0.1, -0.05) is 29.8 Å². The summed E-state index contributed by atoms with van der Waals surface area (Å²) in [5.74, 6) is 0. The Kier molecular flexibility index (Phi) is 6.64. The SMILES string of the molecule is COCCOCCOCCC1(c2cccc(C)c2)CNC1. The van der Waals surface area contributed by atoms with Crippen LogP contribution in [0.2, 0.25) is 0 Å². The molecule has 2 rings (SSSR count). The third kappa shape index (κ3) is 4.78. The molecular formula is C17H27NO3. The van der Waals surface area contributed by atoms with Gasteiger partial charge in [0, 0.05) is 32.2 Å². The predicted octanol–water partition coefficient (Wildman–Crippen LogP) is 1.91. The summed E-state index contributed by atoms with van der Waals surface area (Å²) in [6, 6.07) is 8.84. The highest BCUT2D eigenvalue weighted by Crippen LogP contribution is 2.32. The maximum Gasteiger partial charge on any atom is 0.0701 e. The monoisotopic (exact) mass is 293 g/mol. The minimum Gasteiger partial charge on any atom is -0.382 e. The molecule has 21 heavy (non-hydrogen) atoms. The lowest BCUT2D eigenvalue weighted by atomic mass is 9.72. The number of rotatable bonds is 10. The van der Waals surface area contributed by atoms with Crippen LogP contribution in [0.15, 0.2) is 24.3 Å². The van der Waals surface area contributed by atoms with E-state index in [9.17, 15) is 0 Å². The quantitative estimate of drug-likeness (QED) is 0.669. The van der Waals surface area contributed by atoms with Crippen molar-refractivity contribution in [2.75, 3.05) is 53.2 Å². The first-order valence-corrected chi connectivity index (χ1v) is 7.69. The molecule has 0 unspecified atom stereocenters. The lowest BCUT2D eigenvalue weighted by molar-refractivity contribution is 0.0182. The van der Waals surface area contributed by atoms with Gasteiger partial charge in [-0.2, -0.15) is 0 Å². The first kappa shape index (κ1) is 16.4. The standard InChI is InChI=1S/C17H27NO3/c1-15-4-3-5-16(12-15)17(13-18-14-17)6-7-20-10-11-21-9-8-19-2/h3-5,12,18H,6-11,13-14H2,1-2H3. The molecule has 0 spiro atoms. The Morgan fingerprint density at radius 2 is 1.76 bits per heavy atom. The van der Waals surface area contributed by atoms with Crippen LogP contribution in [0.5, 0.6) is 0 Å². The van der Waals surface area contributed by atoms with Gasteiger partial charge in [-0.25, -0.2) is 0 Å². The first-order chi connectivity index (χ1) is 10.3. The molecule has 1 aromatic rings. The van der Waals surface area contributed by atoms with Gasteiger partial charge in [0.15, 0.2) is 0 Å². The molecule has 1 fully saturated rings. The van der Waals surface area contributed by atoms with Gasteiger partial charge in [0.2, 0.25) is 0 Å². The number of hydrogen-bond acceptors (Lipinski definition) is 4. The smallest absolute Gasteiger partial charge is 0.0701 e. The van der Waals surface area contributed by atoms with Gasteiger partial charge in [0.1, 0.15) is 0 Å². The second-order valence-electron chi connectivity index (χ2n) is 5.72. The lowest BCUT2D eigenvalue weighted by Crippen LogP contribution is -2.57. The summed E-state index contributed by atoms with van der Waals surface area (Å²) in [5, 5.41) is 3.40. The minimum atomic E-state index is 0.253. The van der Waals surface area contributed by atoms with Gasteiger partial charge in [0.05, 0.1) is 26.4 Å². The molecule has 0 bridgehead atoms. The van der Waals surface area contributed by atoms with Crippen molar-refractivity contribution in [3.8, 4) is 0 Å². The van der Waals surface area contributed by atoms with Gasteiger partial charge in [-0.15, -0.1) is 0 Å². The van der Waals surface area contributed by atoms with E-state index in [1.54, 1.807) is 7.11 Å².